The van der Waals surface area contributed by atoms with E-state index in [0.29, 0.717) is 31.0 Å². The number of phenolic OH excluding ortho intramolecular Hbond substituents is 1. The molecule has 1 aromatic heterocycles. The number of alkyl halides is 3. The van der Waals surface area contributed by atoms with Crippen LogP contribution in [0.2, 0.25) is 0 Å². The second-order valence-electron chi connectivity index (χ2n) is 9.63. The van der Waals surface area contributed by atoms with Crippen LogP contribution in [0.15, 0.2) is 48.5 Å². The van der Waals surface area contributed by atoms with Crippen molar-refractivity contribution in [3.05, 3.63) is 70.8 Å². The number of nitrogens with one attached hydrogen (secondary N) is 1. The van der Waals surface area contributed by atoms with Gasteiger partial charge in [-0.1, -0.05) is 43.2 Å². The lowest BCUT2D eigenvalue weighted by atomic mass is 9.91. The van der Waals surface area contributed by atoms with Gasteiger partial charge < -0.3 is 15.5 Å². The van der Waals surface area contributed by atoms with Gasteiger partial charge in [-0.3, -0.25) is 4.90 Å². The number of rotatable bonds is 5. The molecular formula is C27H29F3N4O2. The fourth-order valence-electron chi connectivity index (χ4n) is 5.19. The summed E-state index contributed by atoms with van der Waals surface area (Å²) in [4.78, 5) is 2.25. The van der Waals surface area contributed by atoms with Gasteiger partial charge in [-0.05, 0) is 43.0 Å². The summed E-state index contributed by atoms with van der Waals surface area (Å²) in [5, 5.41) is 33.2. The Hall–Kier alpha value is -3.17. The lowest BCUT2D eigenvalue weighted by Gasteiger charge is -2.33. The molecule has 0 bridgehead atoms. The van der Waals surface area contributed by atoms with Crippen molar-refractivity contribution < 1.29 is 23.4 Å². The third-order valence-corrected chi connectivity index (χ3v) is 7.13. The molecule has 0 amide bonds. The number of aromatic hydroxyl groups is 1. The first-order chi connectivity index (χ1) is 17.3. The zero-order valence-electron chi connectivity index (χ0n) is 19.8. The van der Waals surface area contributed by atoms with Gasteiger partial charge in [0, 0.05) is 36.3 Å². The Morgan fingerprint density at radius 2 is 1.78 bits per heavy atom. The highest BCUT2D eigenvalue weighted by Crippen LogP contribution is 2.40. The molecule has 1 aliphatic heterocycles. The fraction of sp³-hybridized carbons (Fsp3) is 0.407. The molecule has 1 saturated carbocycles. The average molecular weight is 499 g/mol. The molecular weight excluding hydrogens is 469 g/mol. The molecule has 0 saturated heterocycles. The molecule has 1 aliphatic carbocycles. The number of benzene rings is 2. The predicted molar refractivity (Wildman–Crippen MR) is 130 cm³/mol. The maximum Gasteiger partial charge on any atom is 0.416 e. The van der Waals surface area contributed by atoms with Crippen LogP contribution in [-0.2, 0) is 25.7 Å². The first kappa shape index (κ1) is 24.5. The first-order valence-corrected chi connectivity index (χ1v) is 12.3. The lowest BCUT2D eigenvalue weighted by molar-refractivity contribution is -0.137. The van der Waals surface area contributed by atoms with Crippen molar-refractivity contribution in [2.75, 3.05) is 11.9 Å². The van der Waals surface area contributed by atoms with Crippen LogP contribution < -0.4 is 5.32 Å². The number of halogens is 3. The number of aliphatic hydroxyl groups excluding tert-OH is 1. The Kier molecular flexibility index (Phi) is 6.85. The van der Waals surface area contributed by atoms with E-state index >= 15 is 0 Å². The lowest BCUT2D eigenvalue weighted by Crippen LogP contribution is -2.38. The minimum Gasteiger partial charge on any atom is -0.507 e. The summed E-state index contributed by atoms with van der Waals surface area (Å²) >= 11 is 0. The summed E-state index contributed by atoms with van der Waals surface area (Å²) in [6.07, 6.45) is -0.780. The molecule has 2 aliphatic rings. The second kappa shape index (κ2) is 10.1. The summed E-state index contributed by atoms with van der Waals surface area (Å²) in [7, 11) is 0. The number of nitrogens with zero attached hydrogens (tertiary/aromatic N) is 3. The van der Waals surface area contributed by atoms with Crippen LogP contribution in [0.25, 0.3) is 11.3 Å². The number of anilines is 1. The topological polar surface area (TPSA) is 81.5 Å². The third-order valence-electron chi connectivity index (χ3n) is 7.13. The van der Waals surface area contributed by atoms with Gasteiger partial charge in [0.1, 0.15) is 11.4 Å². The second-order valence-corrected chi connectivity index (χ2v) is 9.63. The van der Waals surface area contributed by atoms with Gasteiger partial charge in [0.15, 0.2) is 5.82 Å². The predicted octanol–water partition coefficient (Wildman–Crippen LogP) is 5.14. The third kappa shape index (κ3) is 5.17. The van der Waals surface area contributed by atoms with Crippen LogP contribution in [0.1, 0.15) is 47.9 Å². The molecule has 2 aromatic carbocycles. The van der Waals surface area contributed by atoms with E-state index in [9.17, 15) is 23.4 Å². The normalized spacial score (nSPS) is 20.7. The molecule has 2 heterocycles. The van der Waals surface area contributed by atoms with Crippen LogP contribution in [0.5, 0.6) is 5.75 Å². The molecule has 36 heavy (non-hydrogen) atoms. The van der Waals surface area contributed by atoms with Crippen molar-refractivity contribution in [2.24, 2.45) is 0 Å². The van der Waals surface area contributed by atoms with Gasteiger partial charge in [-0.25, -0.2) is 0 Å². The average Bonchev–Trinajstić information content (AvgIpc) is 2.86. The molecule has 3 aromatic rings. The summed E-state index contributed by atoms with van der Waals surface area (Å²) in [5.74, 6) is 0.121. The Morgan fingerprint density at radius 1 is 1.00 bits per heavy atom. The number of aliphatic hydroxyl groups is 1. The molecule has 9 heteroatoms. The Morgan fingerprint density at radius 3 is 2.50 bits per heavy atom. The van der Waals surface area contributed by atoms with E-state index in [2.05, 4.69) is 32.5 Å². The molecule has 3 N–H and O–H groups in total. The van der Waals surface area contributed by atoms with E-state index in [-0.39, 0.29) is 11.6 Å². The summed E-state index contributed by atoms with van der Waals surface area (Å²) in [6.45, 7) is 2.00. The minimum atomic E-state index is -4.55. The van der Waals surface area contributed by atoms with Crippen LogP contribution in [-0.4, -0.2) is 44.0 Å². The molecule has 0 spiro atoms. The number of fused-ring (bicyclic) bond motifs is 1. The number of hydrogen-bond donors (Lipinski definition) is 3. The smallest absolute Gasteiger partial charge is 0.416 e. The molecule has 0 unspecified atom stereocenters. The number of phenols is 1. The van der Waals surface area contributed by atoms with Gasteiger partial charge in [0.2, 0.25) is 0 Å². The molecule has 1 fully saturated rings. The van der Waals surface area contributed by atoms with Gasteiger partial charge >= 0.3 is 6.18 Å². The van der Waals surface area contributed by atoms with Crippen molar-refractivity contribution in [3.63, 3.8) is 0 Å². The van der Waals surface area contributed by atoms with Gasteiger partial charge in [-0.15, -0.1) is 10.2 Å². The Labute approximate surface area is 207 Å². The van der Waals surface area contributed by atoms with Crippen LogP contribution in [0.4, 0.5) is 19.0 Å². The zero-order chi connectivity index (χ0) is 25.3. The van der Waals surface area contributed by atoms with E-state index in [0.717, 1.165) is 61.1 Å². The monoisotopic (exact) mass is 498 g/mol. The van der Waals surface area contributed by atoms with Crippen molar-refractivity contribution >= 4 is 5.82 Å². The van der Waals surface area contributed by atoms with Crippen molar-refractivity contribution in [3.8, 4) is 17.0 Å². The minimum absolute atomic E-state index is 0.121. The van der Waals surface area contributed by atoms with Crippen LogP contribution in [0, 0.1) is 0 Å². The highest BCUT2D eigenvalue weighted by atomic mass is 19.4. The zero-order valence-corrected chi connectivity index (χ0v) is 19.8. The van der Waals surface area contributed by atoms with E-state index in [4.69, 9.17) is 0 Å². The van der Waals surface area contributed by atoms with Gasteiger partial charge in [-0.2, -0.15) is 13.2 Å². The molecule has 6 nitrogen and oxygen atoms in total. The van der Waals surface area contributed by atoms with Crippen molar-refractivity contribution in [1.82, 2.24) is 15.1 Å². The summed E-state index contributed by atoms with van der Waals surface area (Å²) in [5.41, 5.74) is 2.60. The van der Waals surface area contributed by atoms with Crippen LogP contribution >= 0.6 is 0 Å². The highest BCUT2D eigenvalue weighted by molar-refractivity contribution is 5.73. The first-order valence-electron chi connectivity index (χ1n) is 12.3. The van der Waals surface area contributed by atoms with E-state index in [1.54, 1.807) is 0 Å². The quantitative estimate of drug-likeness (QED) is 0.452. The van der Waals surface area contributed by atoms with E-state index < -0.39 is 23.6 Å². The standard InChI is InChI=1S/C27H29F3N4O2/c28-27(29,30)18-10-11-20(24(36)14-18)25-21-16-34(15-17-6-2-1-3-7-17)13-12-19(21)26(33-32-25)31-22-8-4-5-9-23(22)35/h1-3,6-7,10-11,14,22-23,35-36H,4-5,8-9,12-13,15-16H2,(H,31,33)/t22-,23-/m1/s1. The summed E-state index contributed by atoms with van der Waals surface area (Å²) in [6, 6.07) is 12.9. The van der Waals surface area contributed by atoms with E-state index in [1.165, 1.54) is 6.07 Å². The SMILES string of the molecule is Oc1cc(C(F)(F)F)ccc1-c1nnc(N[C@@H]2CCCC[C@H]2O)c2c1CN(Cc1ccccc1)CC2. The molecule has 190 valence electrons. The highest BCUT2D eigenvalue weighted by Gasteiger charge is 2.33. The summed E-state index contributed by atoms with van der Waals surface area (Å²) < 4.78 is 39.5. The molecule has 0 radical (unpaired) electrons. The van der Waals surface area contributed by atoms with Gasteiger partial charge in [0.25, 0.3) is 0 Å². The number of hydrogen-bond acceptors (Lipinski definition) is 6. The van der Waals surface area contributed by atoms with Gasteiger partial charge in [0.05, 0.1) is 17.7 Å². The molecule has 2 atom stereocenters. The van der Waals surface area contributed by atoms with E-state index in [1.807, 2.05) is 18.2 Å². The molecule has 5 rings (SSSR count). The maximum atomic E-state index is 13.2. The Bertz CT molecular complexity index is 1220. The Balaban J connectivity index is 1.52. The van der Waals surface area contributed by atoms with Crippen molar-refractivity contribution in [1.29, 1.82) is 0 Å². The van der Waals surface area contributed by atoms with Crippen molar-refractivity contribution in [2.45, 2.75) is 63.5 Å². The fourth-order valence-corrected chi connectivity index (χ4v) is 5.19. The largest absolute Gasteiger partial charge is 0.507 e. The van der Waals surface area contributed by atoms with Crippen LogP contribution in [0.3, 0.4) is 0 Å². The maximum absolute atomic E-state index is 13.2. The number of aromatic nitrogens is 2.